The molecule has 4 bridgehead atoms. The van der Waals surface area contributed by atoms with Crippen LogP contribution in [0.4, 0.5) is 0 Å². The van der Waals surface area contributed by atoms with Crippen molar-refractivity contribution in [2.75, 3.05) is 0 Å². The number of hydrogen-bond donors (Lipinski definition) is 0. The van der Waals surface area contributed by atoms with Gasteiger partial charge in [-0.2, -0.15) is 0 Å². The van der Waals surface area contributed by atoms with Crippen LogP contribution in [0.25, 0.3) is 0 Å². The van der Waals surface area contributed by atoms with Crippen molar-refractivity contribution >= 4 is 0 Å². The zero-order chi connectivity index (χ0) is 14.5. The van der Waals surface area contributed by atoms with E-state index in [1.807, 2.05) is 0 Å². The number of hydrogen-bond acceptors (Lipinski definition) is 1. The first-order chi connectivity index (χ1) is 10.7. The smallest absolute Gasteiger partial charge is 0.270 e. The second-order valence-electron chi connectivity index (χ2n) is 9.14. The van der Waals surface area contributed by atoms with E-state index in [2.05, 4.69) is 9.36 Å². The third kappa shape index (κ3) is 1.46. The Morgan fingerprint density at radius 1 is 0.864 bits per heavy atom. The monoisotopic (exact) mass is 298 g/mol. The van der Waals surface area contributed by atoms with Crippen LogP contribution in [0.15, 0.2) is 4.79 Å². The minimum atomic E-state index is 0.286. The Hall–Kier alpha value is -0.990. The highest BCUT2D eigenvalue weighted by Gasteiger charge is 2.55. The molecule has 1 aromatic heterocycles. The van der Waals surface area contributed by atoms with Crippen LogP contribution >= 0.6 is 0 Å². The van der Waals surface area contributed by atoms with Crippen molar-refractivity contribution in [3.05, 3.63) is 21.6 Å². The van der Waals surface area contributed by atoms with E-state index in [9.17, 15) is 4.79 Å². The summed E-state index contributed by atoms with van der Waals surface area (Å²) in [5.74, 6) is 3.50. The molecule has 0 saturated heterocycles. The molecule has 0 unspecified atom stereocenters. The lowest BCUT2D eigenvalue weighted by Crippen LogP contribution is -2.50. The summed E-state index contributed by atoms with van der Waals surface area (Å²) in [6.07, 6.45) is 12.2. The fourth-order valence-electron chi connectivity index (χ4n) is 7.13. The average Bonchev–Trinajstić information content (AvgIpc) is 3.10. The van der Waals surface area contributed by atoms with Crippen LogP contribution in [0.2, 0.25) is 0 Å². The maximum Gasteiger partial charge on any atom is 0.270 e. The Morgan fingerprint density at radius 3 is 2.05 bits per heavy atom. The molecule has 0 amide bonds. The molecule has 2 heterocycles. The van der Waals surface area contributed by atoms with E-state index in [4.69, 9.17) is 0 Å². The molecule has 1 aromatic rings. The molecule has 22 heavy (non-hydrogen) atoms. The van der Waals surface area contributed by atoms with Crippen molar-refractivity contribution in [1.82, 2.24) is 9.36 Å². The van der Waals surface area contributed by atoms with Gasteiger partial charge in [-0.25, -0.2) is 0 Å². The number of fused-ring (bicyclic) bond motifs is 1. The average molecular weight is 298 g/mol. The summed E-state index contributed by atoms with van der Waals surface area (Å²) >= 11 is 0. The maximum absolute atomic E-state index is 13.3. The summed E-state index contributed by atoms with van der Waals surface area (Å²) in [5.41, 5.74) is 3.54. The number of nitrogens with zero attached hydrogens (tertiary/aromatic N) is 2. The van der Waals surface area contributed by atoms with Crippen LogP contribution in [-0.2, 0) is 18.5 Å². The Morgan fingerprint density at radius 2 is 1.45 bits per heavy atom. The van der Waals surface area contributed by atoms with E-state index >= 15 is 0 Å². The molecule has 5 fully saturated rings. The van der Waals surface area contributed by atoms with Crippen molar-refractivity contribution in [3.8, 4) is 0 Å². The van der Waals surface area contributed by atoms with E-state index in [0.29, 0.717) is 5.56 Å². The van der Waals surface area contributed by atoms with E-state index in [0.717, 1.165) is 43.2 Å². The second kappa shape index (κ2) is 3.91. The predicted molar refractivity (Wildman–Crippen MR) is 85.1 cm³/mol. The normalized spacial score (nSPS) is 42.1. The maximum atomic E-state index is 13.3. The molecule has 5 saturated carbocycles. The van der Waals surface area contributed by atoms with Crippen LogP contribution in [0, 0.1) is 17.8 Å². The molecule has 5 aliphatic carbocycles. The largest absolute Gasteiger partial charge is 0.286 e. The van der Waals surface area contributed by atoms with Gasteiger partial charge in [0.05, 0.1) is 0 Å². The minimum absolute atomic E-state index is 0.286. The first-order valence-electron chi connectivity index (χ1n) is 9.57. The van der Waals surface area contributed by atoms with E-state index < -0.39 is 0 Å². The molecule has 7 rings (SSSR count). The molecule has 0 atom stereocenters. The lowest BCUT2D eigenvalue weighted by Gasteiger charge is -2.56. The summed E-state index contributed by atoms with van der Waals surface area (Å²) in [5, 5.41) is 0. The fraction of sp³-hybridized carbons (Fsp3) is 0.842. The van der Waals surface area contributed by atoms with Crippen molar-refractivity contribution in [2.45, 2.75) is 82.2 Å². The van der Waals surface area contributed by atoms with E-state index in [1.165, 1.54) is 62.6 Å². The Bertz CT molecular complexity index is 670. The molecule has 1 aliphatic heterocycles. The molecule has 3 nitrogen and oxygen atoms in total. The molecule has 0 spiro atoms. The molecular weight excluding hydrogens is 272 g/mol. The van der Waals surface area contributed by atoms with Crippen LogP contribution in [0.5, 0.6) is 0 Å². The standard InChI is InChI=1S/C19H26N2O/c22-18-16(17(15-2-3-15)20-4-1-5-21(18)20)19-9-12-6-13(10-19)8-14(7-12)11-19/h12-15H,1-11H2. The van der Waals surface area contributed by atoms with Gasteiger partial charge in [0, 0.05) is 35.7 Å². The van der Waals surface area contributed by atoms with Gasteiger partial charge in [-0.3, -0.25) is 14.2 Å². The van der Waals surface area contributed by atoms with Crippen molar-refractivity contribution < 1.29 is 0 Å². The van der Waals surface area contributed by atoms with Gasteiger partial charge >= 0.3 is 0 Å². The lowest BCUT2D eigenvalue weighted by atomic mass is 9.48. The van der Waals surface area contributed by atoms with Gasteiger partial charge in [-0.05, 0) is 75.5 Å². The fourth-order valence-corrected chi connectivity index (χ4v) is 7.13. The Kier molecular flexibility index (Phi) is 2.21. The van der Waals surface area contributed by atoms with Gasteiger partial charge in [0.15, 0.2) is 0 Å². The molecule has 3 heteroatoms. The number of rotatable bonds is 2. The van der Waals surface area contributed by atoms with Crippen LogP contribution in [0.3, 0.4) is 0 Å². The highest BCUT2D eigenvalue weighted by Crippen LogP contribution is 2.61. The quantitative estimate of drug-likeness (QED) is 0.822. The Labute approximate surface area is 131 Å². The van der Waals surface area contributed by atoms with Crippen LogP contribution in [-0.4, -0.2) is 9.36 Å². The lowest BCUT2D eigenvalue weighted by molar-refractivity contribution is -0.00618. The van der Waals surface area contributed by atoms with Crippen molar-refractivity contribution in [1.29, 1.82) is 0 Å². The van der Waals surface area contributed by atoms with Gasteiger partial charge in [0.1, 0.15) is 0 Å². The topological polar surface area (TPSA) is 26.9 Å². The Balaban J connectivity index is 1.57. The molecule has 6 aliphatic rings. The summed E-state index contributed by atoms with van der Waals surface area (Å²) in [6.45, 7) is 2.05. The molecule has 118 valence electrons. The summed E-state index contributed by atoms with van der Waals surface area (Å²) in [7, 11) is 0. The third-order valence-corrected chi connectivity index (χ3v) is 7.55. The van der Waals surface area contributed by atoms with E-state index in [1.54, 1.807) is 0 Å². The highest BCUT2D eigenvalue weighted by molar-refractivity contribution is 5.37. The minimum Gasteiger partial charge on any atom is -0.286 e. The SMILES string of the molecule is O=c1c(C23CC4CC(CC(C4)C2)C3)c(C2CC2)n2n1CCC2. The van der Waals surface area contributed by atoms with Crippen molar-refractivity contribution in [2.24, 2.45) is 17.8 Å². The van der Waals surface area contributed by atoms with Gasteiger partial charge in [-0.1, -0.05) is 0 Å². The zero-order valence-electron chi connectivity index (χ0n) is 13.4. The molecule has 0 aromatic carbocycles. The first-order valence-corrected chi connectivity index (χ1v) is 9.57. The molecular formula is C19H26N2O. The van der Waals surface area contributed by atoms with Crippen LogP contribution in [0.1, 0.15) is 75.0 Å². The van der Waals surface area contributed by atoms with Gasteiger partial charge in [0.2, 0.25) is 0 Å². The van der Waals surface area contributed by atoms with Crippen LogP contribution < -0.4 is 5.56 Å². The summed E-state index contributed by atoms with van der Waals surface area (Å²) in [4.78, 5) is 13.3. The number of aromatic nitrogens is 2. The van der Waals surface area contributed by atoms with E-state index in [-0.39, 0.29) is 5.41 Å². The highest BCUT2D eigenvalue weighted by atomic mass is 16.1. The van der Waals surface area contributed by atoms with Gasteiger partial charge in [-0.15, -0.1) is 0 Å². The van der Waals surface area contributed by atoms with Gasteiger partial charge < -0.3 is 0 Å². The molecule has 0 radical (unpaired) electrons. The molecule has 0 N–H and O–H groups in total. The summed E-state index contributed by atoms with van der Waals surface area (Å²) in [6, 6.07) is 0. The predicted octanol–water partition coefficient (Wildman–Crippen LogP) is 3.40. The third-order valence-electron chi connectivity index (χ3n) is 7.55. The summed E-state index contributed by atoms with van der Waals surface area (Å²) < 4.78 is 4.52. The van der Waals surface area contributed by atoms with Gasteiger partial charge in [0.25, 0.3) is 5.56 Å². The first kappa shape index (κ1) is 12.4. The second-order valence-corrected chi connectivity index (χ2v) is 9.14. The van der Waals surface area contributed by atoms with Crippen molar-refractivity contribution in [3.63, 3.8) is 0 Å². The zero-order valence-corrected chi connectivity index (χ0v) is 13.4.